The lowest BCUT2D eigenvalue weighted by Gasteiger charge is -2.38. The van der Waals surface area contributed by atoms with Gasteiger partial charge < -0.3 is 10.2 Å². The standard InChI is InChI=1S/C17H22FN3/c1-11-6-7-12(10-13(11)18)15-8-9-19-17-20-14-4-2-3-5-16(14)21(15)17/h6-7,10,14-16H,2-5,8-9H2,1H3,(H,19,20). The summed E-state index contributed by atoms with van der Waals surface area (Å²) in [6.45, 7) is 2.65. The first kappa shape index (κ1) is 13.1. The summed E-state index contributed by atoms with van der Waals surface area (Å²) in [6, 6.07) is 7.05. The summed E-state index contributed by atoms with van der Waals surface area (Å²) in [5.41, 5.74) is 1.82. The molecule has 2 heterocycles. The third-order valence-corrected chi connectivity index (χ3v) is 5.23. The van der Waals surface area contributed by atoms with E-state index in [9.17, 15) is 4.39 Å². The smallest absolute Gasteiger partial charge is 0.195 e. The summed E-state index contributed by atoms with van der Waals surface area (Å²) in [5, 5.41) is 3.60. The third kappa shape index (κ3) is 2.12. The Morgan fingerprint density at radius 2 is 2.10 bits per heavy atom. The Hall–Kier alpha value is -1.58. The molecule has 0 amide bonds. The van der Waals surface area contributed by atoms with Crippen molar-refractivity contribution in [1.82, 2.24) is 10.2 Å². The summed E-state index contributed by atoms with van der Waals surface area (Å²) < 4.78 is 13.9. The molecule has 0 spiro atoms. The molecule has 3 nitrogen and oxygen atoms in total. The van der Waals surface area contributed by atoms with E-state index in [-0.39, 0.29) is 11.9 Å². The highest BCUT2D eigenvalue weighted by molar-refractivity contribution is 5.84. The second-order valence-corrected chi connectivity index (χ2v) is 6.53. The minimum absolute atomic E-state index is 0.0936. The van der Waals surface area contributed by atoms with Crippen LogP contribution >= 0.6 is 0 Å². The first-order chi connectivity index (χ1) is 10.2. The van der Waals surface area contributed by atoms with Crippen LogP contribution < -0.4 is 5.32 Å². The molecule has 3 unspecified atom stereocenters. The van der Waals surface area contributed by atoms with Crippen molar-refractivity contribution in [3.05, 3.63) is 35.1 Å². The van der Waals surface area contributed by atoms with Gasteiger partial charge in [-0.1, -0.05) is 25.0 Å². The molecule has 1 aliphatic carbocycles. The minimum atomic E-state index is -0.0936. The molecule has 4 heteroatoms. The van der Waals surface area contributed by atoms with Crippen molar-refractivity contribution < 1.29 is 4.39 Å². The average molecular weight is 287 g/mol. The number of fused-ring (bicyclic) bond motifs is 3. The van der Waals surface area contributed by atoms with E-state index in [0.717, 1.165) is 30.1 Å². The Morgan fingerprint density at radius 3 is 2.95 bits per heavy atom. The van der Waals surface area contributed by atoms with Gasteiger partial charge in [-0.3, -0.25) is 4.99 Å². The Bertz CT molecular complexity index is 583. The zero-order valence-corrected chi connectivity index (χ0v) is 12.5. The van der Waals surface area contributed by atoms with E-state index in [0.29, 0.717) is 12.1 Å². The van der Waals surface area contributed by atoms with Crippen molar-refractivity contribution in [3.8, 4) is 0 Å². The van der Waals surface area contributed by atoms with Crippen LogP contribution in [0.4, 0.5) is 4.39 Å². The summed E-state index contributed by atoms with van der Waals surface area (Å²) >= 11 is 0. The molecular weight excluding hydrogens is 265 g/mol. The van der Waals surface area contributed by atoms with Gasteiger partial charge in [0.2, 0.25) is 0 Å². The summed E-state index contributed by atoms with van der Waals surface area (Å²) in [6.07, 6.45) is 6.04. The molecule has 3 atom stereocenters. The van der Waals surface area contributed by atoms with Crippen molar-refractivity contribution in [1.29, 1.82) is 0 Å². The van der Waals surface area contributed by atoms with Gasteiger partial charge in [0.25, 0.3) is 0 Å². The van der Waals surface area contributed by atoms with Gasteiger partial charge in [-0.15, -0.1) is 0 Å². The van der Waals surface area contributed by atoms with Gasteiger partial charge in [0.05, 0.1) is 12.1 Å². The molecule has 21 heavy (non-hydrogen) atoms. The van der Waals surface area contributed by atoms with Gasteiger partial charge in [0, 0.05) is 12.6 Å². The summed E-state index contributed by atoms with van der Waals surface area (Å²) in [7, 11) is 0. The number of hydrogen-bond donors (Lipinski definition) is 1. The number of aliphatic imine (C=N–C) groups is 1. The van der Waals surface area contributed by atoms with E-state index in [1.807, 2.05) is 13.0 Å². The largest absolute Gasteiger partial charge is 0.351 e. The van der Waals surface area contributed by atoms with Crippen LogP contribution in [0.1, 0.15) is 49.3 Å². The molecule has 0 radical (unpaired) electrons. The molecule has 1 saturated carbocycles. The van der Waals surface area contributed by atoms with Crippen LogP contribution in [0, 0.1) is 12.7 Å². The van der Waals surface area contributed by atoms with Gasteiger partial charge in [0.15, 0.2) is 5.96 Å². The highest BCUT2D eigenvalue weighted by Gasteiger charge is 2.44. The lowest BCUT2D eigenvalue weighted by Crippen LogP contribution is -2.43. The Morgan fingerprint density at radius 1 is 1.24 bits per heavy atom. The van der Waals surface area contributed by atoms with Crippen molar-refractivity contribution >= 4 is 5.96 Å². The molecule has 1 N–H and O–H groups in total. The van der Waals surface area contributed by atoms with Crippen LogP contribution in [0.15, 0.2) is 23.2 Å². The SMILES string of the molecule is Cc1ccc(C2CCN=C3NC4CCCCC4N32)cc1F. The van der Waals surface area contributed by atoms with Crippen LogP contribution in [-0.4, -0.2) is 29.5 Å². The Balaban J connectivity index is 1.69. The number of rotatable bonds is 1. The average Bonchev–Trinajstić information content (AvgIpc) is 2.88. The minimum Gasteiger partial charge on any atom is -0.351 e. The Labute approximate surface area is 125 Å². The number of benzene rings is 1. The van der Waals surface area contributed by atoms with Crippen LogP contribution in [-0.2, 0) is 0 Å². The summed E-state index contributed by atoms with van der Waals surface area (Å²) in [4.78, 5) is 7.11. The summed E-state index contributed by atoms with van der Waals surface area (Å²) in [5.74, 6) is 0.952. The monoisotopic (exact) mass is 287 g/mol. The van der Waals surface area contributed by atoms with Gasteiger partial charge in [-0.2, -0.15) is 0 Å². The van der Waals surface area contributed by atoms with Gasteiger partial charge in [0.1, 0.15) is 5.82 Å². The van der Waals surface area contributed by atoms with E-state index in [4.69, 9.17) is 0 Å². The molecule has 1 aromatic rings. The van der Waals surface area contributed by atoms with Gasteiger partial charge in [-0.05, 0) is 43.4 Å². The molecule has 1 saturated heterocycles. The van der Waals surface area contributed by atoms with Crippen LogP contribution in [0.25, 0.3) is 0 Å². The zero-order valence-electron chi connectivity index (χ0n) is 12.5. The van der Waals surface area contributed by atoms with Crippen LogP contribution in [0.3, 0.4) is 0 Å². The van der Waals surface area contributed by atoms with Crippen LogP contribution in [0.2, 0.25) is 0 Å². The maximum atomic E-state index is 13.9. The van der Waals surface area contributed by atoms with E-state index in [2.05, 4.69) is 21.3 Å². The van der Waals surface area contributed by atoms with Crippen molar-refractivity contribution in [2.45, 2.75) is 57.2 Å². The fourth-order valence-corrected chi connectivity index (χ4v) is 4.09. The highest BCUT2D eigenvalue weighted by atomic mass is 19.1. The van der Waals surface area contributed by atoms with Crippen molar-refractivity contribution in [3.63, 3.8) is 0 Å². The predicted octanol–water partition coefficient (Wildman–Crippen LogP) is 3.15. The molecule has 4 rings (SSSR count). The number of aryl methyl sites for hydroxylation is 1. The first-order valence-corrected chi connectivity index (χ1v) is 8.09. The first-order valence-electron chi connectivity index (χ1n) is 8.09. The second kappa shape index (κ2) is 5.00. The van der Waals surface area contributed by atoms with E-state index in [1.165, 1.54) is 25.7 Å². The predicted molar refractivity (Wildman–Crippen MR) is 81.8 cm³/mol. The molecule has 2 fully saturated rings. The number of guanidine groups is 1. The molecule has 0 bridgehead atoms. The topological polar surface area (TPSA) is 27.6 Å². The molecule has 3 aliphatic rings. The number of nitrogens with zero attached hydrogens (tertiary/aromatic N) is 2. The zero-order chi connectivity index (χ0) is 14.4. The lowest BCUT2D eigenvalue weighted by atomic mass is 9.89. The second-order valence-electron chi connectivity index (χ2n) is 6.53. The Kier molecular flexibility index (Phi) is 3.12. The van der Waals surface area contributed by atoms with Gasteiger partial charge >= 0.3 is 0 Å². The molecular formula is C17H22FN3. The fourth-order valence-electron chi connectivity index (χ4n) is 4.09. The van der Waals surface area contributed by atoms with E-state index >= 15 is 0 Å². The van der Waals surface area contributed by atoms with E-state index < -0.39 is 0 Å². The molecule has 1 aromatic carbocycles. The van der Waals surface area contributed by atoms with Crippen molar-refractivity contribution in [2.75, 3.05) is 6.54 Å². The fraction of sp³-hybridized carbons (Fsp3) is 0.588. The maximum absolute atomic E-state index is 13.9. The van der Waals surface area contributed by atoms with E-state index in [1.54, 1.807) is 6.07 Å². The third-order valence-electron chi connectivity index (χ3n) is 5.23. The molecule has 2 aliphatic heterocycles. The van der Waals surface area contributed by atoms with Crippen LogP contribution in [0.5, 0.6) is 0 Å². The quantitative estimate of drug-likeness (QED) is 0.859. The number of nitrogens with one attached hydrogen (secondary N) is 1. The maximum Gasteiger partial charge on any atom is 0.195 e. The number of hydrogen-bond acceptors (Lipinski definition) is 3. The molecule has 112 valence electrons. The highest BCUT2D eigenvalue weighted by Crippen LogP contribution is 2.38. The lowest BCUT2D eigenvalue weighted by molar-refractivity contribution is 0.188. The molecule has 0 aromatic heterocycles. The normalized spacial score (nSPS) is 31.2. The number of halogens is 1. The van der Waals surface area contributed by atoms with Gasteiger partial charge in [-0.25, -0.2) is 4.39 Å². The van der Waals surface area contributed by atoms with Crippen molar-refractivity contribution in [2.24, 2.45) is 4.99 Å².